The van der Waals surface area contributed by atoms with E-state index in [1.54, 1.807) is 0 Å². The van der Waals surface area contributed by atoms with E-state index in [0.717, 1.165) is 24.0 Å². The molecule has 4 amide bonds. The van der Waals surface area contributed by atoms with Crippen molar-refractivity contribution < 1.29 is 29.1 Å². The van der Waals surface area contributed by atoms with Crippen LogP contribution < -0.4 is 21.7 Å². The number of benzene rings is 3. The number of aliphatic carboxylic acids is 1. The van der Waals surface area contributed by atoms with Crippen molar-refractivity contribution in [2.45, 2.75) is 42.8 Å². The SMILES string of the molecule is N[C@@H](CNC(=O)c1ccc(C(=O)N2C[C@@H](C(=O)N[C@H]3C[C@@H]3c3ccccc3)[C@H](C(=O)N[C@H]3C[C@@H]3c3ccccc3)C2)cc1)C(=O)O. The molecule has 6 rings (SSSR count). The number of carbonyl (C=O) groups is 5. The van der Waals surface area contributed by atoms with Crippen LogP contribution in [0.5, 0.6) is 0 Å². The van der Waals surface area contributed by atoms with Gasteiger partial charge in [0.1, 0.15) is 6.04 Å². The van der Waals surface area contributed by atoms with E-state index in [4.69, 9.17) is 10.8 Å². The van der Waals surface area contributed by atoms with E-state index in [-0.39, 0.29) is 66.8 Å². The van der Waals surface area contributed by atoms with Gasteiger partial charge in [-0.25, -0.2) is 0 Å². The fourth-order valence-corrected chi connectivity index (χ4v) is 6.27. The molecule has 11 heteroatoms. The van der Waals surface area contributed by atoms with E-state index < -0.39 is 29.8 Å². The van der Waals surface area contributed by atoms with Crippen molar-refractivity contribution in [3.8, 4) is 0 Å². The standard InChI is InChI=1S/C35H37N5O6/c36-28(35(45)46)17-37-31(41)22-11-13-23(14-12-22)34(44)40-18-26(32(42)38-29-15-24(29)20-7-3-1-4-8-20)27(19-40)33(43)39-30-16-25(30)21-9-5-2-6-10-21/h1-14,24-30H,15-19,36H2,(H,37,41)(H,38,42)(H,39,43)(H,45,46)/t24-,25-,26-,27-,28+,29+,30+/m1/s1. The van der Waals surface area contributed by atoms with Gasteiger partial charge in [0.15, 0.2) is 0 Å². The van der Waals surface area contributed by atoms with Crippen LogP contribution in [0.1, 0.15) is 56.5 Å². The van der Waals surface area contributed by atoms with Crippen LogP contribution in [0.2, 0.25) is 0 Å². The molecule has 0 radical (unpaired) electrons. The predicted octanol–water partition coefficient (Wildman–Crippen LogP) is 1.86. The Morgan fingerprint density at radius 1 is 0.717 bits per heavy atom. The number of hydrogen-bond acceptors (Lipinski definition) is 6. The maximum absolute atomic E-state index is 13.6. The summed E-state index contributed by atoms with van der Waals surface area (Å²) in [7, 11) is 0. The van der Waals surface area contributed by atoms with Crippen molar-refractivity contribution in [3.63, 3.8) is 0 Å². The Balaban J connectivity index is 1.12. The topological polar surface area (TPSA) is 171 Å². The number of nitrogens with two attached hydrogens (primary N) is 1. The third kappa shape index (κ3) is 6.94. The van der Waals surface area contributed by atoms with Gasteiger partial charge in [-0.2, -0.15) is 0 Å². The Morgan fingerprint density at radius 2 is 1.17 bits per heavy atom. The van der Waals surface area contributed by atoms with Crippen molar-refractivity contribution in [2.24, 2.45) is 17.6 Å². The number of nitrogens with zero attached hydrogens (tertiary/aromatic N) is 1. The summed E-state index contributed by atoms with van der Waals surface area (Å²) in [6, 6.07) is 24.6. The Kier molecular flexibility index (Phi) is 8.85. The van der Waals surface area contributed by atoms with Crippen molar-refractivity contribution in [3.05, 3.63) is 107 Å². The number of nitrogens with one attached hydrogen (secondary N) is 3. The van der Waals surface area contributed by atoms with Crippen LogP contribution in [0.15, 0.2) is 84.9 Å². The minimum Gasteiger partial charge on any atom is -0.480 e. The predicted molar refractivity (Wildman–Crippen MR) is 169 cm³/mol. The van der Waals surface area contributed by atoms with Crippen LogP contribution in [0, 0.1) is 11.8 Å². The Morgan fingerprint density at radius 3 is 1.63 bits per heavy atom. The van der Waals surface area contributed by atoms with Gasteiger partial charge in [0, 0.05) is 54.7 Å². The maximum atomic E-state index is 13.6. The van der Waals surface area contributed by atoms with Crippen LogP contribution in [-0.2, 0) is 14.4 Å². The highest BCUT2D eigenvalue weighted by molar-refractivity contribution is 5.99. The molecule has 3 aromatic carbocycles. The molecular formula is C35H37N5O6. The zero-order chi connectivity index (χ0) is 32.4. The van der Waals surface area contributed by atoms with E-state index in [1.165, 1.54) is 29.2 Å². The van der Waals surface area contributed by atoms with Crippen LogP contribution >= 0.6 is 0 Å². The fourth-order valence-electron chi connectivity index (χ4n) is 6.27. The highest BCUT2D eigenvalue weighted by atomic mass is 16.4. The van der Waals surface area contributed by atoms with Crippen molar-refractivity contribution >= 4 is 29.6 Å². The van der Waals surface area contributed by atoms with E-state index in [9.17, 15) is 24.0 Å². The molecular weight excluding hydrogens is 586 g/mol. The van der Waals surface area contributed by atoms with Gasteiger partial charge in [0.05, 0.1) is 11.8 Å². The number of carboxylic acids is 1. The van der Waals surface area contributed by atoms with Gasteiger partial charge in [-0.1, -0.05) is 60.7 Å². The summed E-state index contributed by atoms with van der Waals surface area (Å²) in [4.78, 5) is 65.7. The Hall–Kier alpha value is -5.03. The van der Waals surface area contributed by atoms with Crippen LogP contribution in [0.3, 0.4) is 0 Å². The van der Waals surface area contributed by atoms with Gasteiger partial charge < -0.3 is 31.7 Å². The second-order valence-corrected chi connectivity index (χ2v) is 12.4. The molecule has 2 aliphatic carbocycles. The number of likely N-dealkylation sites (tertiary alicyclic amines) is 1. The molecule has 0 spiro atoms. The minimum absolute atomic E-state index is 0.0157. The molecule has 1 heterocycles. The minimum atomic E-state index is -1.23. The molecule has 0 bridgehead atoms. The monoisotopic (exact) mass is 623 g/mol. The Labute approximate surface area is 266 Å². The third-order valence-electron chi connectivity index (χ3n) is 9.17. The molecule has 1 aliphatic heterocycles. The highest BCUT2D eigenvalue weighted by Crippen LogP contribution is 2.42. The molecule has 238 valence electrons. The number of hydrogen-bond donors (Lipinski definition) is 5. The summed E-state index contributed by atoms with van der Waals surface area (Å²) < 4.78 is 0. The van der Waals surface area contributed by atoms with Crippen LogP contribution in [0.4, 0.5) is 0 Å². The number of rotatable bonds is 11. The van der Waals surface area contributed by atoms with Gasteiger partial charge in [0.25, 0.3) is 11.8 Å². The zero-order valence-corrected chi connectivity index (χ0v) is 25.2. The van der Waals surface area contributed by atoms with Gasteiger partial charge >= 0.3 is 5.97 Å². The molecule has 0 unspecified atom stereocenters. The lowest BCUT2D eigenvalue weighted by molar-refractivity contribution is -0.138. The smallest absolute Gasteiger partial charge is 0.322 e. The molecule has 3 fully saturated rings. The number of amides is 4. The molecule has 0 aromatic heterocycles. The van der Waals surface area contributed by atoms with Gasteiger partial charge in [-0.15, -0.1) is 0 Å². The average Bonchev–Trinajstić information content (AvgIpc) is 3.98. The molecule has 3 aromatic rings. The van der Waals surface area contributed by atoms with Crippen molar-refractivity contribution in [1.29, 1.82) is 0 Å². The van der Waals surface area contributed by atoms with Gasteiger partial charge in [-0.3, -0.25) is 24.0 Å². The molecule has 7 atom stereocenters. The molecule has 3 aliphatic rings. The van der Waals surface area contributed by atoms with E-state index in [0.29, 0.717) is 5.56 Å². The summed E-state index contributed by atoms with van der Waals surface area (Å²) >= 11 is 0. The average molecular weight is 624 g/mol. The van der Waals surface area contributed by atoms with Crippen molar-refractivity contribution in [1.82, 2.24) is 20.9 Å². The summed E-state index contributed by atoms with van der Waals surface area (Å²) in [5, 5.41) is 17.6. The third-order valence-corrected chi connectivity index (χ3v) is 9.17. The fraction of sp³-hybridized carbons (Fsp3) is 0.343. The summed E-state index contributed by atoms with van der Waals surface area (Å²) in [6.07, 6.45) is 1.65. The first-order valence-electron chi connectivity index (χ1n) is 15.6. The lowest BCUT2D eigenvalue weighted by Gasteiger charge is -2.18. The number of carbonyl (C=O) groups excluding carboxylic acids is 4. The summed E-state index contributed by atoms with van der Waals surface area (Å²) in [5.74, 6) is -3.54. The van der Waals surface area contributed by atoms with Gasteiger partial charge in [0.2, 0.25) is 11.8 Å². The lowest BCUT2D eigenvalue weighted by atomic mass is 9.94. The Bertz CT molecular complexity index is 1540. The zero-order valence-electron chi connectivity index (χ0n) is 25.2. The molecule has 2 saturated carbocycles. The van der Waals surface area contributed by atoms with Crippen LogP contribution in [0.25, 0.3) is 0 Å². The largest absolute Gasteiger partial charge is 0.480 e. The first-order valence-corrected chi connectivity index (χ1v) is 15.6. The van der Waals surface area contributed by atoms with E-state index in [1.807, 2.05) is 60.7 Å². The number of carboxylic acid groups (broad SMARTS) is 1. The molecule has 46 heavy (non-hydrogen) atoms. The highest BCUT2D eigenvalue weighted by Gasteiger charge is 2.48. The van der Waals surface area contributed by atoms with Crippen LogP contribution in [-0.4, -0.2) is 77.4 Å². The first-order chi connectivity index (χ1) is 22.2. The normalized spacial score (nSPS) is 25.2. The maximum Gasteiger partial charge on any atom is 0.322 e. The quantitative estimate of drug-likeness (QED) is 0.217. The molecule has 1 saturated heterocycles. The summed E-state index contributed by atoms with van der Waals surface area (Å²) in [6.45, 7) is -0.0589. The first kappa shape index (κ1) is 31.0. The lowest BCUT2D eigenvalue weighted by Crippen LogP contribution is -2.43. The second kappa shape index (κ2) is 13.1. The van der Waals surface area contributed by atoms with Crippen molar-refractivity contribution in [2.75, 3.05) is 19.6 Å². The molecule has 6 N–H and O–H groups in total. The van der Waals surface area contributed by atoms with E-state index >= 15 is 0 Å². The van der Waals surface area contributed by atoms with E-state index in [2.05, 4.69) is 16.0 Å². The van der Waals surface area contributed by atoms with Gasteiger partial charge in [-0.05, 0) is 48.2 Å². The molecule has 11 nitrogen and oxygen atoms in total. The second-order valence-electron chi connectivity index (χ2n) is 12.4. The summed E-state index contributed by atoms with van der Waals surface area (Å²) in [5.41, 5.74) is 8.31.